The fourth-order valence-electron chi connectivity index (χ4n) is 3.23. The van der Waals surface area contributed by atoms with E-state index in [9.17, 15) is 4.79 Å². The Balaban J connectivity index is 0.00000225. The smallest absolute Gasteiger partial charge is 0.276 e. The van der Waals surface area contributed by atoms with Crippen LogP contribution in [-0.4, -0.2) is 52.5 Å². The van der Waals surface area contributed by atoms with Crippen molar-refractivity contribution in [3.63, 3.8) is 0 Å². The number of rotatable bonds is 4. The summed E-state index contributed by atoms with van der Waals surface area (Å²) in [5, 5.41) is 11.5. The summed E-state index contributed by atoms with van der Waals surface area (Å²) in [6.45, 7) is 4.40. The van der Waals surface area contributed by atoms with Crippen LogP contribution in [0.5, 0.6) is 0 Å². The lowest BCUT2D eigenvalue weighted by molar-refractivity contribution is 0.0667. The molecule has 1 aromatic carbocycles. The molecule has 8 heteroatoms. The van der Waals surface area contributed by atoms with Crippen LogP contribution >= 0.6 is 28.3 Å². The van der Waals surface area contributed by atoms with Gasteiger partial charge in [-0.15, -0.1) is 17.5 Å². The van der Waals surface area contributed by atoms with E-state index in [1.54, 1.807) is 4.68 Å². The lowest BCUT2D eigenvalue weighted by Gasteiger charge is -2.32. The standard InChI is InChI=1S/C17H22BrN5O.ClH/c1-12-16(17(24)22-8-4-5-13(11-22)10-19-2)20-21-23(12)15-7-3-6-14(18)9-15;/h3,6-7,9,13,19H,4-5,8,10-11H2,1-2H3;1H. The normalized spacial score (nSPS) is 17.2. The maximum atomic E-state index is 12.9. The molecule has 0 saturated carbocycles. The maximum absolute atomic E-state index is 12.9. The number of piperidine rings is 1. The Hall–Kier alpha value is -1.44. The summed E-state index contributed by atoms with van der Waals surface area (Å²) in [6, 6.07) is 7.80. The highest BCUT2D eigenvalue weighted by atomic mass is 79.9. The van der Waals surface area contributed by atoms with E-state index in [1.165, 1.54) is 0 Å². The number of hydrogen-bond donors (Lipinski definition) is 1. The van der Waals surface area contributed by atoms with Gasteiger partial charge in [0, 0.05) is 17.6 Å². The number of halogens is 2. The largest absolute Gasteiger partial charge is 0.337 e. The van der Waals surface area contributed by atoms with Crippen molar-refractivity contribution in [1.82, 2.24) is 25.2 Å². The average molecular weight is 429 g/mol. The molecule has 2 aromatic rings. The Labute approximate surface area is 162 Å². The Morgan fingerprint density at radius 3 is 2.96 bits per heavy atom. The molecule has 6 nitrogen and oxygen atoms in total. The number of hydrogen-bond acceptors (Lipinski definition) is 4. The molecule has 3 rings (SSSR count). The van der Waals surface area contributed by atoms with Crippen LogP contribution in [0.25, 0.3) is 5.69 Å². The van der Waals surface area contributed by atoms with Gasteiger partial charge < -0.3 is 10.2 Å². The van der Waals surface area contributed by atoms with Crippen molar-refractivity contribution >= 4 is 34.2 Å². The summed E-state index contributed by atoms with van der Waals surface area (Å²) in [5.74, 6) is 0.489. The zero-order valence-electron chi connectivity index (χ0n) is 14.4. The number of likely N-dealkylation sites (tertiary alicyclic amines) is 1. The summed E-state index contributed by atoms with van der Waals surface area (Å²) < 4.78 is 2.68. The third kappa shape index (κ3) is 4.40. The third-order valence-corrected chi connectivity index (χ3v) is 4.94. The molecule has 0 bridgehead atoms. The molecule has 0 radical (unpaired) electrons. The van der Waals surface area contributed by atoms with Gasteiger partial charge in [0.05, 0.1) is 11.4 Å². The predicted octanol–water partition coefficient (Wildman–Crippen LogP) is 2.83. The Bertz CT molecular complexity index is 734. The van der Waals surface area contributed by atoms with E-state index in [0.717, 1.165) is 48.3 Å². The lowest BCUT2D eigenvalue weighted by Crippen LogP contribution is -2.42. The van der Waals surface area contributed by atoms with Crippen molar-refractivity contribution in [3.05, 3.63) is 40.1 Å². The average Bonchev–Trinajstić information content (AvgIpc) is 2.96. The van der Waals surface area contributed by atoms with E-state index in [4.69, 9.17) is 0 Å². The molecule has 1 atom stereocenters. The minimum Gasteiger partial charge on any atom is -0.337 e. The van der Waals surface area contributed by atoms with Gasteiger partial charge in [-0.05, 0) is 57.5 Å². The molecule has 0 spiro atoms. The van der Waals surface area contributed by atoms with Crippen LogP contribution in [0, 0.1) is 12.8 Å². The molecular weight excluding hydrogens is 406 g/mol. The molecule has 136 valence electrons. The number of carbonyl (C=O) groups is 1. The van der Waals surface area contributed by atoms with Crippen molar-refractivity contribution in [2.24, 2.45) is 5.92 Å². The molecule has 1 aliphatic heterocycles. The van der Waals surface area contributed by atoms with Crippen LogP contribution in [0.15, 0.2) is 28.7 Å². The van der Waals surface area contributed by atoms with Crippen molar-refractivity contribution in [1.29, 1.82) is 0 Å². The summed E-state index contributed by atoms with van der Waals surface area (Å²) >= 11 is 3.46. The second kappa shape index (κ2) is 8.78. The molecule has 0 aliphatic carbocycles. The zero-order valence-corrected chi connectivity index (χ0v) is 16.8. The van der Waals surface area contributed by atoms with Crippen molar-refractivity contribution in [2.45, 2.75) is 19.8 Å². The minimum atomic E-state index is -0.0189. The van der Waals surface area contributed by atoms with E-state index in [2.05, 4.69) is 31.6 Å². The SMILES string of the molecule is CNCC1CCCN(C(=O)c2nnn(-c3cccc(Br)c3)c2C)C1.Cl. The lowest BCUT2D eigenvalue weighted by atomic mass is 9.97. The van der Waals surface area contributed by atoms with Gasteiger partial charge >= 0.3 is 0 Å². The molecule has 1 aromatic heterocycles. The number of carbonyl (C=O) groups excluding carboxylic acids is 1. The molecule has 1 unspecified atom stereocenters. The van der Waals surface area contributed by atoms with Crippen LogP contribution < -0.4 is 5.32 Å². The van der Waals surface area contributed by atoms with Gasteiger partial charge in [-0.2, -0.15) is 0 Å². The maximum Gasteiger partial charge on any atom is 0.276 e. The van der Waals surface area contributed by atoms with E-state index < -0.39 is 0 Å². The molecular formula is C17H23BrClN5O. The summed E-state index contributed by atoms with van der Waals surface area (Å²) in [4.78, 5) is 14.8. The van der Waals surface area contributed by atoms with E-state index in [0.29, 0.717) is 11.6 Å². The number of benzene rings is 1. The van der Waals surface area contributed by atoms with Crippen LogP contribution in [0.4, 0.5) is 0 Å². The van der Waals surface area contributed by atoms with Crippen LogP contribution in [-0.2, 0) is 0 Å². The topological polar surface area (TPSA) is 63.1 Å². The second-order valence-corrected chi connectivity index (χ2v) is 7.15. The number of nitrogens with zero attached hydrogens (tertiary/aromatic N) is 4. The number of nitrogens with one attached hydrogen (secondary N) is 1. The second-order valence-electron chi connectivity index (χ2n) is 6.23. The van der Waals surface area contributed by atoms with Crippen molar-refractivity contribution in [2.75, 3.05) is 26.7 Å². The van der Waals surface area contributed by atoms with Crippen LogP contribution in [0.1, 0.15) is 29.0 Å². The van der Waals surface area contributed by atoms with E-state index in [-0.39, 0.29) is 18.3 Å². The van der Waals surface area contributed by atoms with Gasteiger partial charge in [-0.25, -0.2) is 4.68 Å². The number of aromatic nitrogens is 3. The quantitative estimate of drug-likeness (QED) is 0.813. The fourth-order valence-corrected chi connectivity index (χ4v) is 3.62. The Morgan fingerprint density at radius 1 is 1.44 bits per heavy atom. The van der Waals surface area contributed by atoms with Crippen LogP contribution in [0.3, 0.4) is 0 Å². The Morgan fingerprint density at radius 2 is 2.24 bits per heavy atom. The molecule has 1 N–H and O–H groups in total. The summed E-state index contributed by atoms with van der Waals surface area (Å²) in [6.07, 6.45) is 2.20. The first-order chi connectivity index (χ1) is 11.6. The van der Waals surface area contributed by atoms with Gasteiger partial charge in [0.1, 0.15) is 0 Å². The molecule has 1 fully saturated rings. The first-order valence-corrected chi connectivity index (χ1v) is 9.01. The first-order valence-electron chi connectivity index (χ1n) is 8.22. The number of amides is 1. The first kappa shape index (κ1) is 19.9. The third-order valence-electron chi connectivity index (χ3n) is 4.45. The van der Waals surface area contributed by atoms with Gasteiger partial charge in [-0.3, -0.25) is 4.79 Å². The monoisotopic (exact) mass is 427 g/mol. The van der Waals surface area contributed by atoms with E-state index in [1.807, 2.05) is 43.1 Å². The highest BCUT2D eigenvalue weighted by Crippen LogP contribution is 2.21. The Kier molecular flexibility index (Phi) is 6.98. The molecule has 1 aliphatic rings. The molecule has 25 heavy (non-hydrogen) atoms. The zero-order chi connectivity index (χ0) is 17.1. The van der Waals surface area contributed by atoms with Gasteiger partial charge in [0.2, 0.25) is 0 Å². The highest BCUT2D eigenvalue weighted by molar-refractivity contribution is 9.10. The molecule has 1 saturated heterocycles. The van der Waals surface area contributed by atoms with Gasteiger partial charge in [-0.1, -0.05) is 27.2 Å². The van der Waals surface area contributed by atoms with Crippen molar-refractivity contribution in [3.8, 4) is 5.69 Å². The summed E-state index contributed by atoms with van der Waals surface area (Å²) in [5.41, 5.74) is 2.11. The highest BCUT2D eigenvalue weighted by Gasteiger charge is 2.27. The van der Waals surface area contributed by atoms with Gasteiger partial charge in [0.15, 0.2) is 5.69 Å². The van der Waals surface area contributed by atoms with Crippen molar-refractivity contribution < 1.29 is 4.79 Å². The van der Waals surface area contributed by atoms with Crippen LogP contribution in [0.2, 0.25) is 0 Å². The molecule has 1 amide bonds. The summed E-state index contributed by atoms with van der Waals surface area (Å²) in [7, 11) is 1.95. The van der Waals surface area contributed by atoms with E-state index >= 15 is 0 Å². The fraction of sp³-hybridized carbons (Fsp3) is 0.471. The van der Waals surface area contributed by atoms with Gasteiger partial charge in [0.25, 0.3) is 5.91 Å². The predicted molar refractivity (Wildman–Crippen MR) is 104 cm³/mol. The minimum absolute atomic E-state index is 0. The molecule has 2 heterocycles.